The van der Waals surface area contributed by atoms with E-state index in [1.54, 1.807) is 18.2 Å². The Morgan fingerprint density at radius 2 is 2.15 bits per heavy atom. The molecule has 1 aromatic carbocycles. The summed E-state index contributed by atoms with van der Waals surface area (Å²) in [6, 6.07) is 4.91. The number of anilines is 1. The molecule has 0 saturated carbocycles. The van der Waals surface area contributed by atoms with Gasteiger partial charge >= 0.3 is 0 Å². The van der Waals surface area contributed by atoms with E-state index in [9.17, 15) is 8.42 Å². The lowest BCUT2D eigenvalue weighted by molar-refractivity contribution is 0.323. The van der Waals surface area contributed by atoms with E-state index < -0.39 is 10.0 Å². The fourth-order valence-corrected chi connectivity index (χ4v) is 3.23. The molecule has 0 saturated heterocycles. The minimum atomic E-state index is -3.43. The molecule has 0 spiro atoms. The highest BCUT2D eigenvalue weighted by molar-refractivity contribution is 7.89. The van der Waals surface area contributed by atoms with Crippen LogP contribution >= 0.6 is 0 Å². The molecule has 0 amide bonds. The first-order valence-electron chi connectivity index (χ1n) is 7.14. The van der Waals surface area contributed by atoms with Crippen LogP contribution in [0.25, 0.3) is 0 Å². The summed E-state index contributed by atoms with van der Waals surface area (Å²) in [7, 11) is -3.43. The van der Waals surface area contributed by atoms with Crippen molar-refractivity contribution in [3.05, 3.63) is 18.2 Å². The van der Waals surface area contributed by atoms with E-state index in [1.165, 1.54) is 0 Å². The molecule has 0 atom stereocenters. The van der Waals surface area contributed by atoms with Gasteiger partial charge in [0.15, 0.2) is 0 Å². The number of benzene rings is 1. The highest BCUT2D eigenvalue weighted by atomic mass is 32.2. The fraction of sp³-hybridized carbons (Fsp3) is 0.571. The molecular weight excluding hydrogens is 276 g/mol. The molecule has 0 radical (unpaired) electrons. The molecule has 1 heterocycles. The quantitative estimate of drug-likeness (QED) is 0.758. The molecule has 0 bridgehead atoms. The number of rotatable bonds is 7. The number of nitrogens with one attached hydrogen (secondary N) is 2. The second kappa shape index (κ2) is 6.95. The van der Waals surface area contributed by atoms with Crippen molar-refractivity contribution < 1.29 is 13.2 Å². The number of hydrogen-bond acceptors (Lipinski definition) is 4. The topological polar surface area (TPSA) is 67.4 Å². The smallest absolute Gasteiger partial charge is 0.240 e. The Balaban J connectivity index is 1.98. The van der Waals surface area contributed by atoms with Crippen LogP contribution in [0.3, 0.4) is 0 Å². The second-order valence-electron chi connectivity index (χ2n) is 4.89. The molecule has 1 aliphatic heterocycles. The number of hydrogen-bond donors (Lipinski definition) is 2. The van der Waals surface area contributed by atoms with Gasteiger partial charge in [0, 0.05) is 13.1 Å². The van der Waals surface area contributed by atoms with Crippen molar-refractivity contribution in [1.82, 2.24) is 4.72 Å². The van der Waals surface area contributed by atoms with Gasteiger partial charge < -0.3 is 10.1 Å². The van der Waals surface area contributed by atoms with Crippen LogP contribution in [0.4, 0.5) is 5.69 Å². The summed E-state index contributed by atoms with van der Waals surface area (Å²) in [5, 5.41) is 3.14. The highest BCUT2D eigenvalue weighted by Crippen LogP contribution is 2.29. The third-order valence-corrected chi connectivity index (χ3v) is 4.72. The maximum atomic E-state index is 12.2. The first-order valence-corrected chi connectivity index (χ1v) is 8.62. The monoisotopic (exact) mass is 298 g/mol. The minimum Gasteiger partial charge on any atom is -0.490 e. The zero-order valence-electron chi connectivity index (χ0n) is 11.8. The molecule has 1 aliphatic rings. The lowest BCUT2D eigenvalue weighted by atomic mass is 10.2. The van der Waals surface area contributed by atoms with Crippen molar-refractivity contribution >= 4 is 15.7 Å². The van der Waals surface area contributed by atoms with Crippen LogP contribution < -0.4 is 14.8 Å². The molecule has 0 fully saturated rings. The normalized spacial score (nSPS) is 14.2. The first kappa shape index (κ1) is 15.1. The van der Waals surface area contributed by atoms with Crippen LogP contribution in [0.5, 0.6) is 5.75 Å². The van der Waals surface area contributed by atoms with Crippen LogP contribution in [0.1, 0.15) is 32.6 Å². The molecule has 5 nitrogen and oxygen atoms in total. The van der Waals surface area contributed by atoms with E-state index in [2.05, 4.69) is 17.0 Å². The number of unbranched alkanes of at least 4 members (excludes halogenated alkanes) is 3. The fourth-order valence-electron chi connectivity index (χ4n) is 2.13. The summed E-state index contributed by atoms with van der Waals surface area (Å²) in [6.07, 6.45) is 4.21. The van der Waals surface area contributed by atoms with Crippen molar-refractivity contribution in [3.8, 4) is 5.75 Å². The van der Waals surface area contributed by atoms with E-state index >= 15 is 0 Å². The SMILES string of the molecule is CCCCCCNS(=O)(=O)c1ccc2c(c1)NCCO2. The summed E-state index contributed by atoms with van der Waals surface area (Å²) in [4.78, 5) is 0.282. The van der Waals surface area contributed by atoms with E-state index in [4.69, 9.17) is 4.74 Å². The van der Waals surface area contributed by atoms with E-state index in [0.717, 1.165) is 31.4 Å². The maximum Gasteiger partial charge on any atom is 0.240 e. The molecule has 112 valence electrons. The van der Waals surface area contributed by atoms with Crippen molar-refractivity contribution in [2.45, 2.75) is 37.5 Å². The zero-order valence-corrected chi connectivity index (χ0v) is 12.6. The van der Waals surface area contributed by atoms with Crippen molar-refractivity contribution in [3.63, 3.8) is 0 Å². The van der Waals surface area contributed by atoms with Crippen molar-refractivity contribution in [2.24, 2.45) is 0 Å². The van der Waals surface area contributed by atoms with Gasteiger partial charge in [-0.2, -0.15) is 0 Å². The molecule has 20 heavy (non-hydrogen) atoms. The van der Waals surface area contributed by atoms with Gasteiger partial charge in [-0.15, -0.1) is 0 Å². The Kier molecular flexibility index (Phi) is 5.25. The molecule has 1 aromatic rings. The van der Waals surface area contributed by atoms with Gasteiger partial charge in [0.25, 0.3) is 0 Å². The van der Waals surface area contributed by atoms with Crippen LogP contribution in [0, 0.1) is 0 Å². The van der Waals surface area contributed by atoms with Gasteiger partial charge in [-0.3, -0.25) is 0 Å². The van der Waals surface area contributed by atoms with Crippen molar-refractivity contribution in [2.75, 3.05) is 25.0 Å². The van der Waals surface area contributed by atoms with E-state index in [1.807, 2.05) is 0 Å². The molecule has 0 unspecified atom stereocenters. The molecular formula is C14H22N2O3S. The van der Waals surface area contributed by atoms with Gasteiger partial charge in [-0.25, -0.2) is 13.1 Å². The first-order chi connectivity index (χ1) is 9.63. The predicted octanol–water partition coefficient (Wildman–Crippen LogP) is 2.35. The molecule has 0 aliphatic carbocycles. The third-order valence-electron chi connectivity index (χ3n) is 3.26. The van der Waals surface area contributed by atoms with E-state index in [-0.39, 0.29) is 4.90 Å². The van der Waals surface area contributed by atoms with Gasteiger partial charge in [-0.05, 0) is 24.6 Å². The van der Waals surface area contributed by atoms with E-state index in [0.29, 0.717) is 25.4 Å². The molecule has 2 N–H and O–H groups in total. The summed E-state index contributed by atoms with van der Waals surface area (Å²) in [6.45, 7) is 3.92. The Morgan fingerprint density at radius 3 is 2.95 bits per heavy atom. The standard InChI is InChI=1S/C14H22N2O3S/c1-2-3-4-5-8-16-20(17,18)12-6-7-14-13(11-12)15-9-10-19-14/h6-7,11,15-16H,2-5,8-10H2,1H3. The van der Waals surface area contributed by atoms with Crippen LogP contribution in [-0.4, -0.2) is 28.1 Å². The summed E-state index contributed by atoms with van der Waals surface area (Å²) in [5.74, 6) is 0.707. The average molecular weight is 298 g/mol. The largest absolute Gasteiger partial charge is 0.490 e. The molecule has 0 aromatic heterocycles. The predicted molar refractivity (Wildman–Crippen MR) is 79.8 cm³/mol. The Bertz CT molecular complexity index is 543. The third kappa shape index (κ3) is 3.86. The van der Waals surface area contributed by atoms with Crippen LogP contribution in [0.15, 0.2) is 23.1 Å². The second-order valence-corrected chi connectivity index (χ2v) is 6.66. The van der Waals surface area contributed by atoms with Gasteiger partial charge in [-0.1, -0.05) is 26.2 Å². The minimum absolute atomic E-state index is 0.282. The van der Waals surface area contributed by atoms with Crippen molar-refractivity contribution in [1.29, 1.82) is 0 Å². The average Bonchev–Trinajstić information content (AvgIpc) is 2.46. The van der Waals surface area contributed by atoms with Gasteiger partial charge in [0.1, 0.15) is 12.4 Å². The van der Waals surface area contributed by atoms with Gasteiger partial charge in [0.2, 0.25) is 10.0 Å². The summed E-state index contributed by atoms with van der Waals surface area (Å²) in [5.41, 5.74) is 0.741. The lowest BCUT2D eigenvalue weighted by Gasteiger charge is -2.19. The zero-order chi connectivity index (χ0) is 14.4. The summed E-state index contributed by atoms with van der Waals surface area (Å²) < 4.78 is 32.4. The molecule has 2 rings (SSSR count). The Morgan fingerprint density at radius 1 is 1.30 bits per heavy atom. The van der Waals surface area contributed by atoms with Crippen LogP contribution in [0.2, 0.25) is 0 Å². The van der Waals surface area contributed by atoms with Gasteiger partial charge in [0.05, 0.1) is 10.6 Å². The maximum absolute atomic E-state index is 12.2. The highest BCUT2D eigenvalue weighted by Gasteiger charge is 2.17. The molecule has 6 heteroatoms. The Labute approximate surface area is 120 Å². The summed E-state index contributed by atoms with van der Waals surface area (Å²) >= 11 is 0. The Hall–Kier alpha value is -1.27. The number of fused-ring (bicyclic) bond motifs is 1. The lowest BCUT2D eigenvalue weighted by Crippen LogP contribution is -2.25. The number of ether oxygens (including phenoxy) is 1. The number of sulfonamides is 1. The van der Waals surface area contributed by atoms with Crippen LogP contribution in [-0.2, 0) is 10.0 Å².